The molecule has 0 saturated heterocycles. The fraction of sp³-hybridized carbons (Fsp3) is 0.0588. The number of halogens is 1. The van der Waals surface area contributed by atoms with Gasteiger partial charge in [0, 0.05) is 10.9 Å². The summed E-state index contributed by atoms with van der Waals surface area (Å²) in [4.78, 5) is 12.1. The molecular formula is C17H13ClN6OS. The molecule has 7 nitrogen and oxygen atoms in total. The first-order chi connectivity index (χ1) is 12.7. The van der Waals surface area contributed by atoms with Gasteiger partial charge in [-0.25, -0.2) is 4.79 Å². The second kappa shape index (κ2) is 7.11. The largest absolute Gasteiger partial charge is 0.330 e. The maximum atomic E-state index is 12.1. The van der Waals surface area contributed by atoms with E-state index in [4.69, 9.17) is 11.6 Å². The van der Waals surface area contributed by atoms with E-state index in [1.165, 1.54) is 0 Å². The third kappa shape index (κ3) is 3.37. The van der Waals surface area contributed by atoms with Gasteiger partial charge in [0.25, 0.3) is 0 Å². The molecule has 3 heterocycles. The van der Waals surface area contributed by atoms with Crippen LogP contribution in [0.2, 0.25) is 5.02 Å². The highest BCUT2D eigenvalue weighted by atomic mass is 35.5. The minimum Gasteiger partial charge on any atom is -0.330 e. The lowest BCUT2D eigenvalue weighted by Crippen LogP contribution is -2.29. The Balaban J connectivity index is 1.49. The number of para-hydroxylation sites is 1. The summed E-state index contributed by atoms with van der Waals surface area (Å²) in [5, 5.41) is 22.7. The molecule has 1 aromatic carbocycles. The number of nitrogens with one attached hydrogen (secondary N) is 2. The second-order valence-electron chi connectivity index (χ2n) is 5.40. The Morgan fingerprint density at radius 1 is 1.15 bits per heavy atom. The van der Waals surface area contributed by atoms with E-state index < -0.39 is 0 Å². The van der Waals surface area contributed by atoms with Crippen LogP contribution in [0, 0.1) is 0 Å². The van der Waals surface area contributed by atoms with Crippen LogP contribution >= 0.6 is 22.9 Å². The van der Waals surface area contributed by atoms with E-state index in [0.717, 1.165) is 11.3 Å². The molecule has 9 heteroatoms. The van der Waals surface area contributed by atoms with Crippen molar-refractivity contribution in [2.24, 2.45) is 0 Å². The van der Waals surface area contributed by atoms with Gasteiger partial charge in [0.1, 0.15) is 0 Å². The summed E-state index contributed by atoms with van der Waals surface area (Å²) in [6.45, 7) is 0.178. The quantitative estimate of drug-likeness (QED) is 0.560. The van der Waals surface area contributed by atoms with E-state index in [1.807, 2.05) is 29.0 Å². The molecule has 2 amide bonds. The number of fused-ring (bicyclic) bond motifs is 1. The van der Waals surface area contributed by atoms with E-state index in [1.54, 1.807) is 40.1 Å². The van der Waals surface area contributed by atoms with E-state index in [-0.39, 0.29) is 12.6 Å². The number of amides is 2. The van der Waals surface area contributed by atoms with Gasteiger partial charge in [-0.2, -0.15) is 21.0 Å². The summed E-state index contributed by atoms with van der Waals surface area (Å²) in [6.07, 6.45) is 0. The molecule has 0 aliphatic carbocycles. The maximum absolute atomic E-state index is 12.1. The Kier molecular flexibility index (Phi) is 4.51. The first-order valence-corrected chi connectivity index (χ1v) is 9.06. The molecule has 2 N–H and O–H groups in total. The lowest BCUT2D eigenvalue weighted by atomic mass is 10.2. The molecular weight excluding hydrogens is 372 g/mol. The number of anilines is 1. The number of rotatable bonds is 4. The normalized spacial score (nSPS) is 10.8. The maximum Gasteiger partial charge on any atom is 0.319 e. The minimum absolute atomic E-state index is 0.178. The van der Waals surface area contributed by atoms with Crippen LogP contribution in [0.3, 0.4) is 0 Å². The van der Waals surface area contributed by atoms with E-state index >= 15 is 0 Å². The van der Waals surface area contributed by atoms with Crippen LogP contribution in [-0.4, -0.2) is 25.8 Å². The average molecular weight is 385 g/mol. The zero-order chi connectivity index (χ0) is 17.9. The molecule has 130 valence electrons. The van der Waals surface area contributed by atoms with E-state index in [9.17, 15) is 4.79 Å². The molecule has 0 radical (unpaired) electrons. The number of hydrogen-bond acceptors (Lipinski definition) is 5. The summed E-state index contributed by atoms with van der Waals surface area (Å²) < 4.78 is 1.63. The Hall–Kier alpha value is -2.97. The summed E-state index contributed by atoms with van der Waals surface area (Å²) in [6, 6.07) is 12.4. The number of carbonyl (C=O) groups excluding carboxylic acids is 1. The molecule has 0 spiro atoms. The number of hydrogen-bond donors (Lipinski definition) is 2. The topological polar surface area (TPSA) is 84.2 Å². The third-order valence-electron chi connectivity index (χ3n) is 3.67. The van der Waals surface area contributed by atoms with Gasteiger partial charge in [-0.1, -0.05) is 23.7 Å². The van der Waals surface area contributed by atoms with Crippen molar-refractivity contribution in [3.8, 4) is 11.3 Å². The predicted molar refractivity (Wildman–Crippen MR) is 101 cm³/mol. The number of thiophene rings is 1. The third-order valence-corrected chi connectivity index (χ3v) is 4.69. The van der Waals surface area contributed by atoms with Crippen molar-refractivity contribution in [2.75, 3.05) is 5.32 Å². The molecule has 0 bridgehead atoms. The molecule has 0 atom stereocenters. The minimum atomic E-state index is -0.385. The molecule has 0 saturated carbocycles. The zero-order valence-corrected chi connectivity index (χ0v) is 15.0. The van der Waals surface area contributed by atoms with Gasteiger partial charge in [-0.15, -0.1) is 10.2 Å². The molecule has 4 aromatic rings. The monoisotopic (exact) mass is 384 g/mol. The first kappa shape index (κ1) is 16.5. The van der Waals surface area contributed by atoms with Crippen LogP contribution in [0.4, 0.5) is 10.5 Å². The molecule has 0 fully saturated rings. The number of aromatic nitrogens is 4. The SMILES string of the molecule is O=C(NCc1nnc2ccc(-c3ccsc3)nn12)Nc1ccccc1Cl. The van der Waals surface area contributed by atoms with Crippen LogP contribution in [-0.2, 0) is 6.54 Å². The lowest BCUT2D eigenvalue weighted by molar-refractivity contribution is 0.251. The van der Waals surface area contributed by atoms with Crippen molar-refractivity contribution in [3.63, 3.8) is 0 Å². The predicted octanol–water partition coefficient (Wildman–Crippen LogP) is 3.83. The smallest absolute Gasteiger partial charge is 0.319 e. The van der Waals surface area contributed by atoms with Gasteiger partial charge >= 0.3 is 6.03 Å². The number of carbonyl (C=O) groups is 1. The second-order valence-corrected chi connectivity index (χ2v) is 6.59. The van der Waals surface area contributed by atoms with Gasteiger partial charge in [-0.3, -0.25) is 0 Å². The molecule has 4 rings (SSSR count). The summed E-state index contributed by atoms with van der Waals surface area (Å²) in [7, 11) is 0. The van der Waals surface area contributed by atoms with E-state index in [2.05, 4.69) is 25.9 Å². The summed E-state index contributed by atoms with van der Waals surface area (Å²) >= 11 is 7.64. The fourth-order valence-electron chi connectivity index (χ4n) is 2.40. The van der Waals surface area contributed by atoms with Crippen LogP contribution in [0.25, 0.3) is 16.9 Å². The molecule has 0 aliphatic rings. The summed E-state index contributed by atoms with van der Waals surface area (Å²) in [5.41, 5.74) is 3.00. The van der Waals surface area contributed by atoms with Crippen molar-refractivity contribution in [1.82, 2.24) is 25.1 Å². The number of benzene rings is 1. The highest BCUT2D eigenvalue weighted by Gasteiger charge is 2.11. The van der Waals surface area contributed by atoms with Crippen LogP contribution in [0.1, 0.15) is 5.82 Å². The van der Waals surface area contributed by atoms with Crippen LogP contribution in [0.5, 0.6) is 0 Å². The Labute approximate surface area is 157 Å². The number of nitrogens with zero attached hydrogens (tertiary/aromatic N) is 4. The number of urea groups is 1. The Bertz CT molecular complexity index is 1060. The fourth-order valence-corrected chi connectivity index (χ4v) is 3.23. The lowest BCUT2D eigenvalue weighted by Gasteiger charge is -2.08. The van der Waals surface area contributed by atoms with Gasteiger partial charge in [0.15, 0.2) is 11.5 Å². The van der Waals surface area contributed by atoms with Crippen LogP contribution < -0.4 is 10.6 Å². The Morgan fingerprint density at radius 2 is 2.04 bits per heavy atom. The van der Waals surface area contributed by atoms with Crippen molar-refractivity contribution in [3.05, 3.63) is 64.1 Å². The highest BCUT2D eigenvalue weighted by Crippen LogP contribution is 2.21. The zero-order valence-electron chi connectivity index (χ0n) is 13.4. The van der Waals surface area contributed by atoms with Crippen molar-refractivity contribution in [1.29, 1.82) is 0 Å². The molecule has 3 aromatic heterocycles. The standard InChI is InChI=1S/C17H13ClN6OS/c18-12-3-1-2-4-14(12)20-17(25)19-9-16-22-21-15-6-5-13(23-24(15)16)11-7-8-26-10-11/h1-8,10H,9H2,(H2,19,20,25). The van der Waals surface area contributed by atoms with Crippen molar-refractivity contribution >= 4 is 40.3 Å². The highest BCUT2D eigenvalue weighted by molar-refractivity contribution is 7.08. The summed E-state index contributed by atoms with van der Waals surface area (Å²) in [5.74, 6) is 0.534. The molecule has 26 heavy (non-hydrogen) atoms. The van der Waals surface area contributed by atoms with Gasteiger partial charge < -0.3 is 10.6 Å². The van der Waals surface area contributed by atoms with Crippen molar-refractivity contribution in [2.45, 2.75) is 6.54 Å². The first-order valence-electron chi connectivity index (χ1n) is 7.74. The van der Waals surface area contributed by atoms with Gasteiger partial charge in [-0.05, 0) is 35.7 Å². The van der Waals surface area contributed by atoms with Crippen molar-refractivity contribution < 1.29 is 4.79 Å². The Morgan fingerprint density at radius 3 is 2.85 bits per heavy atom. The average Bonchev–Trinajstić information content (AvgIpc) is 3.31. The van der Waals surface area contributed by atoms with Crippen LogP contribution in [0.15, 0.2) is 53.2 Å². The van der Waals surface area contributed by atoms with Gasteiger partial charge in [0.05, 0.1) is 22.9 Å². The molecule has 0 unspecified atom stereocenters. The molecule has 0 aliphatic heterocycles. The van der Waals surface area contributed by atoms with E-state index in [0.29, 0.717) is 22.2 Å². The van der Waals surface area contributed by atoms with Gasteiger partial charge in [0.2, 0.25) is 0 Å².